The van der Waals surface area contributed by atoms with Crippen molar-refractivity contribution in [1.29, 1.82) is 0 Å². The third kappa shape index (κ3) is 1.09. The molecule has 1 heterocycles. The molecule has 0 saturated heterocycles. The molecule has 0 aromatic heterocycles. The molecule has 1 N–H and O–H groups in total. The summed E-state index contributed by atoms with van der Waals surface area (Å²) in [5.41, 5.74) is 0. The first-order valence-corrected chi connectivity index (χ1v) is 2.82. The number of rotatable bonds is 0. The third-order valence-electron chi connectivity index (χ3n) is 0.760. The highest BCUT2D eigenvalue weighted by Gasteiger charge is 2.02. The first kappa shape index (κ1) is 4.97. The van der Waals surface area contributed by atoms with Crippen molar-refractivity contribution in [3.63, 3.8) is 0 Å². The molecule has 0 atom stereocenters. The lowest BCUT2D eigenvalue weighted by Gasteiger charge is -2.01. The van der Waals surface area contributed by atoms with Crippen LogP contribution in [-0.4, -0.2) is 18.6 Å². The average molecular weight is 162 g/mol. The normalized spacial score (nSPS) is 19.1. The molecule has 0 amide bonds. The van der Waals surface area contributed by atoms with Crippen LogP contribution in [0, 0.1) is 6.20 Å². The van der Waals surface area contributed by atoms with E-state index in [9.17, 15) is 0 Å². The van der Waals surface area contributed by atoms with Crippen LogP contribution in [0.25, 0.3) is 0 Å². The molecule has 1 aliphatic rings. The first-order valence-electron chi connectivity index (χ1n) is 2.03. The molecule has 0 spiro atoms. The van der Waals surface area contributed by atoms with Gasteiger partial charge in [0.05, 0.1) is 12.9 Å². The van der Waals surface area contributed by atoms with E-state index in [1.807, 2.05) is 11.9 Å². The summed E-state index contributed by atoms with van der Waals surface area (Å²) < 4.78 is 0.940. The fourth-order valence-corrected chi connectivity index (χ4v) is 0.863. The molecule has 1 aliphatic heterocycles. The van der Waals surface area contributed by atoms with E-state index in [-0.39, 0.29) is 0 Å². The van der Waals surface area contributed by atoms with Crippen molar-refractivity contribution in [1.82, 2.24) is 10.2 Å². The van der Waals surface area contributed by atoms with Gasteiger partial charge in [-0.25, -0.2) is 0 Å². The summed E-state index contributed by atoms with van der Waals surface area (Å²) in [5, 5.41) is 3.02. The molecular weight excluding hydrogens is 156 g/mol. The second-order valence-corrected chi connectivity index (χ2v) is 2.25. The highest BCUT2D eigenvalue weighted by Crippen LogP contribution is 2.04. The minimum absolute atomic E-state index is 0.862. The molecule has 39 valence electrons. The number of nitrogens with zero attached hydrogens (tertiary/aromatic N) is 1. The molecule has 7 heavy (non-hydrogen) atoms. The Labute approximate surface area is 51.3 Å². The molecule has 0 aromatic rings. The summed E-state index contributed by atoms with van der Waals surface area (Å²) in [6.07, 6.45) is 2.97. The van der Waals surface area contributed by atoms with Crippen molar-refractivity contribution in [2.45, 2.75) is 0 Å². The van der Waals surface area contributed by atoms with Gasteiger partial charge in [0.1, 0.15) is 4.61 Å². The average Bonchev–Trinajstić information content (AvgIpc) is 1.87. The standard InChI is InChI=1S/C4H6BrN2/c1-7-2-4(5)6-3-7/h6H,3H2,1H3. The maximum atomic E-state index is 3.23. The van der Waals surface area contributed by atoms with E-state index in [1.165, 1.54) is 0 Å². The SMILES string of the molecule is CN1[C]=C(Br)NC1. The Morgan fingerprint density at radius 3 is 2.86 bits per heavy atom. The summed E-state index contributed by atoms with van der Waals surface area (Å²) in [6, 6.07) is 0. The van der Waals surface area contributed by atoms with E-state index in [0.717, 1.165) is 11.3 Å². The lowest BCUT2D eigenvalue weighted by atomic mass is 10.9. The zero-order chi connectivity index (χ0) is 5.28. The quantitative estimate of drug-likeness (QED) is 0.521. The van der Waals surface area contributed by atoms with E-state index >= 15 is 0 Å². The number of hydrogen-bond donors (Lipinski definition) is 1. The number of halogens is 1. The lowest BCUT2D eigenvalue weighted by Crippen LogP contribution is -2.15. The van der Waals surface area contributed by atoms with Gasteiger partial charge in [-0.1, -0.05) is 0 Å². The molecular formula is C4H6BrN2. The van der Waals surface area contributed by atoms with Gasteiger partial charge in [-0.15, -0.1) is 0 Å². The zero-order valence-corrected chi connectivity index (χ0v) is 5.62. The topological polar surface area (TPSA) is 15.3 Å². The Hall–Kier alpha value is -0.180. The summed E-state index contributed by atoms with van der Waals surface area (Å²) >= 11 is 3.23. The van der Waals surface area contributed by atoms with Crippen LogP contribution >= 0.6 is 15.9 Å². The van der Waals surface area contributed by atoms with Crippen LogP contribution in [0.1, 0.15) is 0 Å². The molecule has 1 rings (SSSR count). The van der Waals surface area contributed by atoms with E-state index in [1.54, 1.807) is 0 Å². The summed E-state index contributed by atoms with van der Waals surface area (Å²) in [7, 11) is 1.96. The second kappa shape index (κ2) is 1.74. The summed E-state index contributed by atoms with van der Waals surface area (Å²) in [6.45, 7) is 0.862. The van der Waals surface area contributed by atoms with E-state index < -0.39 is 0 Å². The van der Waals surface area contributed by atoms with Crippen LogP contribution in [-0.2, 0) is 0 Å². The number of hydrogen-bond acceptors (Lipinski definition) is 2. The van der Waals surface area contributed by atoms with Crippen LogP contribution in [0.5, 0.6) is 0 Å². The van der Waals surface area contributed by atoms with Crippen molar-refractivity contribution in [2.24, 2.45) is 0 Å². The van der Waals surface area contributed by atoms with E-state index in [0.29, 0.717) is 0 Å². The predicted octanol–water partition coefficient (Wildman–Crippen LogP) is 0.476. The predicted molar refractivity (Wildman–Crippen MR) is 31.4 cm³/mol. The van der Waals surface area contributed by atoms with Gasteiger partial charge in [0.25, 0.3) is 0 Å². The van der Waals surface area contributed by atoms with Crippen LogP contribution in [0.4, 0.5) is 0 Å². The van der Waals surface area contributed by atoms with E-state index in [2.05, 4.69) is 27.4 Å². The van der Waals surface area contributed by atoms with Gasteiger partial charge in [-0.3, -0.25) is 0 Å². The molecule has 0 aliphatic carbocycles. The van der Waals surface area contributed by atoms with Gasteiger partial charge in [0, 0.05) is 7.05 Å². The highest BCUT2D eigenvalue weighted by molar-refractivity contribution is 9.11. The Balaban J connectivity index is 2.50. The van der Waals surface area contributed by atoms with Crippen molar-refractivity contribution in [3.8, 4) is 0 Å². The second-order valence-electron chi connectivity index (χ2n) is 1.46. The van der Waals surface area contributed by atoms with Gasteiger partial charge in [-0.05, 0) is 15.9 Å². The van der Waals surface area contributed by atoms with Crippen molar-refractivity contribution >= 4 is 15.9 Å². The molecule has 0 bridgehead atoms. The highest BCUT2D eigenvalue weighted by atomic mass is 79.9. The molecule has 3 heteroatoms. The fourth-order valence-electron chi connectivity index (χ4n) is 0.435. The van der Waals surface area contributed by atoms with Crippen LogP contribution < -0.4 is 5.32 Å². The molecule has 0 unspecified atom stereocenters. The van der Waals surface area contributed by atoms with Gasteiger partial charge in [0.2, 0.25) is 0 Å². The van der Waals surface area contributed by atoms with Crippen LogP contribution in [0.15, 0.2) is 4.61 Å². The van der Waals surface area contributed by atoms with Crippen LogP contribution in [0.2, 0.25) is 0 Å². The fraction of sp³-hybridized carbons (Fsp3) is 0.500. The Morgan fingerprint density at radius 2 is 2.71 bits per heavy atom. The molecule has 0 aromatic carbocycles. The van der Waals surface area contributed by atoms with Gasteiger partial charge < -0.3 is 10.2 Å². The lowest BCUT2D eigenvalue weighted by molar-refractivity contribution is 0.458. The van der Waals surface area contributed by atoms with Gasteiger partial charge in [0.15, 0.2) is 0 Å². The van der Waals surface area contributed by atoms with Crippen molar-refractivity contribution in [3.05, 3.63) is 10.8 Å². The maximum Gasteiger partial charge on any atom is 0.105 e. The van der Waals surface area contributed by atoms with Crippen LogP contribution in [0.3, 0.4) is 0 Å². The van der Waals surface area contributed by atoms with Crippen molar-refractivity contribution in [2.75, 3.05) is 13.7 Å². The zero-order valence-electron chi connectivity index (χ0n) is 4.03. The van der Waals surface area contributed by atoms with Gasteiger partial charge >= 0.3 is 0 Å². The number of nitrogens with one attached hydrogen (secondary N) is 1. The smallest absolute Gasteiger partial charge is 0.105 e. The molecule has 2 nitrogen and oxygen atoms in total. The minimum atomic E-state index is 0.862. The molecule has 0 fully saturated rings. The Bertz CT molecular complexity index is 99.9. The van der Waals surface area contributed by atoms with E-state index in [4.69, 9.17) is 0 Å². The Morgan fingerprint density at radius 1 is 2.00 bits per heavy atom. The third-order valence-corrected chi connectivity index (χ3v) is 1.22. The van der Waals surface area contributed by atoms with Gasteiger partial charge in [-0.2, -0.15) is 0 Å². The summed E-state index contributed by atoms with van der Waals surface area (Å²) in [4.78, 5) is 1.93. The largest absolute Gasteiger partial charge is 0.360 e. The Kier molecular flexibility index (Phi) is 1.23. The van der Waals surface area contributed by atoms with Crippen molar-refractivity contribution < 1.29 is 0 Å². The first-order chi connectivity index (χ1) is 3.29. The summed E-state index contributed by atoms with van der Waals surface area (Å²) in [5.74, 6) is 0. The minimum Gasteiger partial charge on any atom is -0.360 e. The maximum absolute atomic E-state index is 3.23. The molecule has 0 saturated carbocycles. The molecule has 1 radical (unpaired) electrons. The monoisotopic (exact) mass is 161 g/mol.